The molecule has 6 nitrogen and oxygen atoms in total. The van der Waals surface area contributed by atoms with Crippen molar-refractivity contribution in [2.45, 2.75) is 4.90 Å². The van der Waals surface area contributed by atoms with Crippen molar-refractivity contribution in [2.75, 3.05) is 5.32 Å². The predicted molar refractivity (Wildman–Crippen MR) is 71.4 cm³/mol. The van der Waals surface area contributed by atoms with Gasteiger partial charge >= 0.3 is 0 Å². The first-order valence-corrected chi connectivity index (χ1v) is 7.06. The minimum absolute atomic E-state index is 0.0330. The molecule has 0 atom stereocenters. The highest BCUT2D eigenvalue weighted by Crippen LogP contribution is 2.16. The van der Waals surface area contributed by atoms with Crippen LogP contribution in [-0.4, -0.2) is 19.3 Å². The van der Waals surface area contributed by atoms with E-state index in [9.17, 15) is 13.2 Å². The molecule has 1 aromatic heterocycles. The van der Waals surface area contributed by atoms with Crippen molar-refractivity contribution in [3.8, 4) is 0 Å². The largest absolute Gasteiger partial charge is 0.367 e. The fourth-order valence-electron chi connectivity index (χ4n) is 1.45. The molecule has 2 rings (SSSR count). The van der Waals surface area contributed by atoms with Crippen LogP contribution < -0.4 is 9.56 Å². The number of benzene rings is 1. The number of sulfonamides is 1. The molecular weight excluding hydrogens is 290 g/mol. The summed E-state index contributed by atoms with van der Waals surface area (Å²) in [7, 11) is -3.75. The first kappa shape index (κ1) is 13.6. The molecule has 3 N–H and O–H groups in total. The Bertz CT molecular complexity index is 683. The summed E-state index contributed by atoms with van der Waals surface area (Å²) < 4.78 is 24.7. The lowest BCUT2D eigenvalue weighted by Crippen LogP contribution is -2.15. The maximum Gasteiger partial charge on any atom is 0.257 e. The molecule has 1 heterocycles. The third-order valence-corrected chi connectivity index (χ3v) is 4.05. The number of aromatic amines is 1. The second-order valence-electron chi connectivity index (χ2n) is 3.66. The van der Waals surface area contributed by atoms with Gasteiger partial charge in [0.25, 0.3) is 15.9 Å². The minimum atomic E-state index is -3.75. The van der Waals surface area contributed by atoms with Gasteiger partial charge in [0.1, 0.15) is 0 Å². The Morgan fingerprint density at radius 1 is 1.26 bits per heavy atom. The van der Waals surface area contributed by atoms with E-state index in [2.05, 4.69) is 10.3 Å². The lowest BCUT2D eigenvalue weighted by Gasteiger charge is -2.06. The van der Waals surface area contributed by atoms with Gasteiger partial charge in [-0.25, -0.2) is 8.42 Å². The fraction of sp³-hybridized carbons (Fsp3) is 0. The maximum atomic E-state index is 11.8. The number of carbonyl (C=O) groups excluding carboxylic acids is 1. The molecule has 0 fully saturated rings. The number of hydrogen-bond donors (Lipinski definition) is 3. The average Bonchev–Trinajstić information content (AvgIpc) is 2.93. The third kappa shape index (κ3) is 3.14. The molecule has 0 aliphatic carbocycles. The van der Waals surface area contributed by atoms with E-state index < -0.39 is 10.0 Å². The van der Waals surface area contributed by atoms with Crippen LogP contribution in [0.4, 0.5) is 5.69 Å². The summed E-state index contributed by atoms with van der Waals surface area (Å²) >= 11 is 5.14. The van der Waals surface area contributed by atoms with Crippen molar-refractivity contribution in [2.24, 2.45) is 0 Å². The number of nitrogens with one attached hydrogen (secondary N) is 3. The molecule has 0 bridgehead atoms. The highest BCUT2D eigenvalue weighted by Gasteiger charge is 2.13. The SMILES string of the molecule is O=C(Nc1cccc(S(=O)(=O)NCl)c1)c1cc[nH]c1. The Morgan fingerprint density at radius 3 is 2.68 bits per heavy atom. The Balaban J connectivity index is 2.23. The van der Waals surface area contributed by atoms with E-state index in [1.807, 2.05) is 0 Å². The van der Waals surface area contributed by atoms with Crippen LogP contribution >= 0.6 is 11.8 Å². The Labute approximate surface area is 114 Å². The normalized spacial score (nSPS) is 11.2. The summed E-state index contributed by atoms with van der Waals surface area (Å²) in [6, 6.07) is 7.38. The monoisotopic (exact) mass is 299 g/mol. The van der Waals surface area contributed by atoms with Crippen LogP contribution in [0.1, 0.15) is 10.4 Å². The molecule has 19 heavy (non-hydrogen) atoms. The number of carbonyl (C=O) groups is 1. The first-order chi connectivity index (χ1) is 9.03. The molecule has 0 radical (unpaired) electrons. The van der Waals surface area contributed by atoms with E-state index in [1.165, 1.54) is 24.4 Å². The van der Waals surface area contributed by atoms with Gasteiger partial charge in [0.05, 0.1) is 10.5 Å². The van der Waals surface area contributed by atoms with Crippen molar-refractivity contribution in [1.82, 2.24) is 9.23 Å². The van der Waals surface area contributed by atoms with Crippen LogP contribution in [0.5, 0.6) is 0 Å². The van der Waals surface area contributed by atoms with E-state index in [4.69, 9.17) is 11.8 Å². The van der Waals surface area contributed by atoms with E-state index in [-0.39, 0.29) is 10.8 Å². The number of halogens is 1. The zero-order valence-electron chi connectivity index (χ0n) is 9.55. The number of aromatic nitrogens is 1. The van der Waals surface area contributed by atoms with Crippen LogP contribution in [0, 0.1) is 0 Å². The summed E-state index contributed by atoms with van der Waals surface area (Å²) in [6.45, 7) is 0. The van der Waals surface area contributed by atoms with E-state index >= 15 is 0 Å². The number of hydrogen-bond acceptors (Lipinski definition) is 3. The molecule has 0 aliphatic heterocycles. The van der Waals surface area contributed by atoms with Gasteiger partial charge in [-0.3, -0.25) is 4.79 Å². The number of H-pyrrole nitrogens is 1. The van der Waals surface area contributed by atoms with Crippen LogP contribution in [0.15, 0.2) is 47.6 Å². The standard InChI is InChI=1S/C11H10ClN3O3S/c12-15-19(17,18)10-3-1-2-9(6-10)14-11(16)8-4-5-13-7-8/h1-7,13,15H,(H,14,16). The molecule has 1 aromatic carbocycles. The fourth-order valence-corrected chi connectivity index (χ4v) is 2.35. The molecule has 0 saturated carbocycles. The molecule has 0 saturated heterocycles. The minimum Gasteiger partial charge on any atom is -0.367 e. The highest BCUT2D eigenvalue weighted by atomic mass is 35.5. The van der Waals surface area contributed by atoms with Gasteiger partial charge in [-0.1, -0.05) is 6.07 Å². The lowest BCUT2D eigenvalue weighted by molar-refractivity contribution is 0.102. The van der Waals surface area contributed by atoms with Gasteiger partial charge in [-0.05, 0) is 36.0 Å². The first-order valence-electron chi connectivity index (χ1n) is 5.19. The number of anilines is 1. The summed E-state index contributed by atoms with van der Waals surface area (Å²) in [5.41, 5.74) is 0.808. The molecule has 0 aliphatic rings. The third-order valence-electron chi connectivity index (χ3n) is 2.36. The summed E-state index contributed by atoms with van der Waals surface area (Å²) in [5.74, 6) is -0.338. The summed E-state index contributed by atoms with van der Waals surface area (Å²) in [5, 5.41) is 2.59. The number of amides is 1. The summed E-state index contributed by atoms with van der Waals surface area (Å²) in [4.78, 5) is 14.5. The van der Waals surface area contributed by atoms with Gasteiger partial charge < -0.3 is 10.3 Å². The topological polar surface area (TPSA) is 91.1 Å². The molecule has 1 amide bonds. The van der Waals surface area contributed by atoms with Crippen LogP contribution in [-0.2, 0) is 10.0 Å². The van der Waals surface area contributed by atoms with Gasteiger partial charge in [-0.15, -0.1) is 4.24 Å². The van der Waals surface area contributed by atoms with Crippen molar-refractivity contribution < 1.29 is 13.2 Å². The van der Waals surface area contributed by atoms with Crippen LogP contribution in [0.3, 0.4) is 0 Å². The predicted octanol–water partition coefficient (Wildman–Crippen LogP) is 1.70. The molecular formula is C11H10ClN3O3S. The Kier molecular flexibility index (Phi) is 3.89. The van der Waals surface area contributed by atoms with Crippen molar-refractivity contribution in [3.05, 3.63) is 48.3 Å². The zero-order chi connectivity index (χ0) is 13.9. The van der Waals surface area contributed by atoms with Crippen molar-refractivity contribution >= 4 is 33.4 Å². The van der Waals surface area contributed by atoms with Gasteiger partial charge in [-0.2, -0.15) is 0 Å². The lowest BCUT2D eigenvalue weighted by atomic mass is 10.3. The number of rotatable bonds is 4. The maximum absolute atomic E-state index is 11.8. The van der Waals surface area contributed by atoms with E-state index in [0.29, 0.717) is 11.3 Å². The Morgan fingerprint density at radius 2 is 2.05 bits per heavy atom. The van der Waals surface area contributed by atoms with Crippen molar-refractivity contribution in [3.63, 3.8) is 0 Å². The quantitative estimate of drug-likeness (QED) is 0.750. The molecule has 0 unspecified atom stereocenters. The molecule has 0 spiro atoms. The van der Waals surface area contributed by atoms with Gasteiger partial charge in [0.15, 0.2) is 0 Å². The molecule has 100 valence electrons. The average molecular weight is 300 g/mol. The van der Waals surface area contributed by atoms with Crippen molar-refractivity contribution in [1.29, 1.82) is 0 Å². The highest BCUT2D eigenvalue weighted by molar-refractivity contribution is 7.90. The molecule has 8 heteroatoms. The van der Waals surface area contributed by atoms with Gasteiger partial charge in [0, 0.05) is 18.1 Å². The molecule has 2 aromatic rings. The van der Waals surface area contributed by atoms with Crippen LogP contribution in [0.2, 0.25) is 0 Å². The van der Waals surface area contributed by atoms with E-state index in [0.717, 1.165) is 0 Å². The van der Waals surface area contributed by atoms with E-state index in [1.54, 1.807) is 22.6 Å². The van der Waals surface area contributed by atoms with Crippen LogP contribution in [0.25, 0.3) is 0 Å². The zero-order valence-corrected chi connectivity index (χ0v) is 11.1. The Hall–Kier alpha value is -1.83. The smallest absolute Gasteiger partial charge is 0.257 e. The van der Waals surface area contributed by atoms with Gasteiger partial charge in [0.2, 0.25) is 0 Å². The summed E-state index contributed by atoms with van der Waals surface area (Å²) in [6.07, 6.45) is 3.16. The second-order valence-corrected chi connectivity index (χ2v) is 5.76. The second kappa shape index (κ2) is 5.43.